The number of rotatable bonds is 4. The molecule has 0 bridgehead atoms. The van der Waals surface area contributed by atoms with E-state index in [4.69, 9.17) is 16.3 Å². The number of halogens is 1. The van der Waals surface area contributed by atoms with E-state index >= 15 is 0 Å². The zero-order chi connectivity index (χ0) is 18.9. The second kappa shape index (κ2) is 7.40. The van der Waals surface area contributed by atoms with Crippen molar-refractivity contribution in [1.82, 2.24) is 9.29 Å². The number of hydrogen-bond acceptors (Lipinski definition) is 4. The van der Waals surface area contributed by atoms with Crippen LogP contribution >= 0.6 is 11.6 Å². The van der Waals surface area contributed by atoms with Gasteiger partial charge in [-0.1, -0.05) is 23.7 Å². The highest BCUT2D eigenvalue weighted by atomic mass is 35.5. The molecule has 9 heteroatoms. The number of benzene rings is 1. The highest BCUT2D eigenvalue weighted by molar-refractivity contribution is 7.89. The van der Waals surface area contributed by atoms with Gasteiger partial charge >= 0.3 is 0 Å². The first-order chi connectivity index (χ1) is 12.3. The minimum absolute atomic E-state index is 0.142. The zero-order valence-electron chi connectivity index (χ0n) is 14.5. The van der Waals surface area contributed by atoms with E-state index in [1.54, 1.807) is 38.1 Å². The fourth-order valence-electron chi connectivity index (χ4n) is 3.01. The van der Waals surface area contributed by atoms with Crippen LogP contribution in [0.1, 0.15) is 21.7 Å². The number of carbonyl (C=O) groups excluding carboxylic acids is 1. The molecule has 1 aliphatic heterocycles. The number of aromatic nitrogens is 1. The van der Waals surface area contributed by atoms with Gasteiger partial charge in [0.15, 0.2) is 0 Å². The van der Waals surface area contributed by atoms with Crippen LogP contribution in [-0.2, 0) is 14.8 Å². The molecule has 1 aliphatic rings. The molecule has 1 aromatic carbocycles. The molecule has 2 N–H and O–H groups in total. The Kier molecular flexibility index (Phi) is 5.38. The zero-order valence-corrected chi connectivity index (χ0v) is 16.1. The molecule has 7 nitrogen and oxygen atoms in total. The van der Waals surface area contributed by atoms with Crippen LogP contribution in [0.3, 0.4) is 0 Å². The van der Waals surface area contributed by atoms with Crippen molar-refractivity contribution in [1.29, 1.82) is 0 Å². The standard InChI is InChI=1S/C17H20ClN3O4S/c1-11-15(17(22)20-14-6-4-3-5-13(14)18)19-12(2)16(11)26(23,24)21-7-9-25-10-8-21/h3-6,19H,7-10H2,1-2H3,(H,20,22). The van der Waals surface area contributed by atoms with Crippen molar-refractivity contribution < 1.29 is 17.9 Å². The normalized spacial score (nSPS) is 15.8. The number of morpholine rings is 1. The van der Waals surface area contributed by atoms with Gasteiger partial charge in [-0.05, 0) is 31.5 Å². The van der Waals surface area contributed by atoms with E-state index in [2.05, 4.69) is 10.3 Å². The van der Waals surface area contributed by atoms with Gasteiger partial charge in [0.1, 0.15) is 10.6 Å². The number of ether oxygens (including phenoxy) is 1. The van der Waals surface area contributed by atoms with Gasteiger partial charge in [0.25, 0.3) is 5.91 Å². The van der Waals surface area contributed by atoms with E-state index < -0.39 is 15.9 Å². The van der Waals surface area contributed by atoms with Crippen molar-refractivity contribution in [3.63, 3.8) is 0 Å². The number of hydrogen-bond donors (Lipinski definition) is 2. The van der Waals surface area contributed by atoms with E-state index in [0.29, 0.717) is 48.3 Å². The van der Waals surface area contributed by atoms with Crippen LogP contribution in [0, 0.1) is 13.8 Å². The Hall–Kier alpha value is -1.87. The predicted octanol–water partition coefficient (Wildman–Crippen LogP) is 2.56. The summed E-state index contributed by atoms with van der Waals surface area (Å²) in [5.74, 6) is -0.442. The van der Waals surface area contributed by atoms with E-state index in [1.165, 1.54) is 4.31 Å². The van der Waals surface area contributed by atoms with Crippen LogP contribution in [-0.4, -0.2) is 49.9 Å². The van der Waals surface area contributed by atoms with Crippen LogP contribution in [0.5, 0.6) is 0 Å². The van der Waals surface area contributed by atoms with Crippen molar-refractivity contribution in [2.24, 2.45) is 0 Å². The van der Waals surface area contributed by atoms with Crippen molar-refractivity contribution in [3.8, 4) is 0 Å². The van der Waals surface area contributed by atoms with Crippen molar-refractivity contribution >= 4 is 33.2 Å². The molecule has 0 radical (unpaired) electrons. The largest absolute Gasteiger partial charge is 0.379 e. The highest BCUT2D eigenvalue weighted by Crippen LogP contribution is 2.28. The van der Waals surface area contributed by atoms with Gasteiger partial charge in [-0.3, -0.25) is 4.79 Å². The van der Waals surface area contributed by atoms with Gasteiger partial charge in [0, 0.05) is 18.8 Å². The maximum absolute atomic E-state index is 13.0. The molecule has 0 aliphatic carbocycles. The smallest absolute Gasteiger partial charge is 0.272 e. The van der Waals surface area contributed by atoms with E-state index in [-0.39, 0.29) is 10.6 Å². The summed E-state index contributed by atoms with van der Waals surface area (Å²) in [6, 6.07) is 6.85. The van der Waals surface area contributed by atoms with Crippen molar-refractivity contribution in [2.75, 3.05) is 31.6 Å². The van der Waals surface area contributed by atoms with E-state index in [0.717, 1.165) is 0 Å². The number of aryl methyl sites for hydroxylation is 1. The first-order valence-electron chi connectivity index (χ1n) is 8.15. The molecular weight excluding hydrogens is 378 g/mol. The van der Waals surface area contributed by atoms with Crippen LogP contribution < -0.4 is 5.32 Å². The Morgan fingerprint density at radius 3 is 2.54 bits per heavy atom. The Morgan fingerprint density at radius 1 is 1.23 bits per heavy atom. The van der Waals surface area contributed by atoms with Gasteiger partial charge in [-0.2, -0.15) is 4.31 Å². The number of aromatic amines is 1. The molecule has 3 rings (SSSR count). The summed E-state index contributed by atoms with van der Waals surface area (Å²) < 4.78 is 32.6. The van der Waals surface area contributed by atoms with Crippen LogP contribution in [0.2, 0.25) is 5.02 Å². The molecule has 0 spiro atoms. The van der Waals surface area contributed by atoms with Gasteiger partial charge in [-0.25, -0.2) is 8.42 Å². The van der Waals surface area contributed by atoms with Gasteiger partial charge in [-0.15, -0.1) is 0 Å². The molecule has 1 amide bonds. The molecule has 1 saturated heterocycles. The van der Waals surface area contributed by atoms with Crippen molar-refractivity contribution in [2.45, 2.75) is 18.7 Å². The quantitative estimate of drug-likeness (QED) is 0.829. The summed E-state index contributed by atoms with van der Waals surface area (Å²) in [7, 11) is -3.70. The molecule has 26 heavy (non-hydrogen) atoms. The molecule has 0 unspecified atom stereocenters. The molecule has 140 valence electrons. The summed E-state index contributed by atoms with van der Waals surface area (Å²) in [6.45, 7) is 4.59. The van der Waals surface area contributed by atoms with Crippen LogP contribution in [0.4, 0.5) is 5.69 Å². The molecule has 1 fully saturated rings. The molecule has 2 heterocycles. The Bertz CT molecular complexity index is 933. The lowest BCUT2D eigenvalue weighted by molar-refractivity contribution is 0.0730. The summed E-state index contributed by atoms with van der Waals surface area (Å²) in [4.78, 5) is 15.7. The predicted molar refractivity (Wildman–Crippen MR) is 99.2 cm³/mol. The third-order valence-corrected chi connectivity index (χ3v) is 6.79. The fourth-order valence-corrected chi connectivity index (χ4v) is 5.01. The van der Waals surface area contributed by atoms with Gasteiger partial charge in [0.05, 0.1) is 23.9 Å². The Balaban J connectivity index is 1.93. The average molecular weight is 398 g/mol. The third kappa shape index (κ3) is 3.50. The molecule has 2 aromatic rings. The summed E-state index contributed by atoms with van der Waals surface area (Å²) in [5, 5.41) is 3.11. The Morgan fingerprint density at radius 2 is 1.88 bits per heavy atom. The van der Waals surface area contributed by atoms with Gasteiger partial charge in [0.2, 0.25) is 10.0 Å². The van der Waals surface area contributed by atoms with Crippen LogP contribution in [0.25, 0.3) is 0 Å². The SMILES string of the molecule is Cc1[nH]c(C(=O)Nc2ccccc2Cl)c(C)c1S(=O)(=O)N1CCOCC1. The number of para-hydroxylation sites is 1. The molecule has 0 saturated carbocycles. The topological polar surface area (TPSA) is 91.5 Å². The Labute approximate surface area is 157 Å². The number of anilines is 1. The third-order valence-electron chi connectivity index (χ3n) is 4.29. The lowest BCUT2D eigenvalue weighted by Crippen LogP contribution is -2.40. The summed E-state index contributed by atoms with van der Waals surface area (Å²) in [5.41, 5.74) is 1.48. The second-order valence-corrected chi connectivity index (χ2v) is 8.31. The lowest BCUT2D eigenvalue weighted by Gasteiger charge is -2.26. The average Bonchev–Trinajstić information content (AvgIpc) is 2.93. The van der Waals surface area contributed by atoms with E-state index in [1.807, 2.05) is 0 Å². The summed E-state index contributed by atoms with van der Waals surface area (Å²) >= 11 is 6.07. The first-order valence-corrected chi connectivity index (χ1v) is 9.97. The minimum atomic E-state index is -3.70. The fraction of sp³-hybridized carbons (Fsp3) is 0.353. The maximum atomic E-state index is 13.0. The second-order valence-electron chi connectivity index (χ2n) is 6.03. The van der Waals surface area contributed by atoms with Crippen molar-refractivity contribution in [3.05, 3.63) is 46.2 Å². The lowest BCUT2D eigenvalue weighted by atomic mass is 10.2. The summed E-state index contributed by atoms with van der Waals surface area (Å²) in [6.07, 6.45) is 0. The number of carbonyl (C=O) groups is 1. The van der Waals surface area contributed by atoms with Gasteiger partial charge < -0.3 is 15.0 Å². The highest BCUT2D eigenvalue weighted by Gasteiger charge is 2.32. The first kappa shape index (κ1) is 18.9. The molecule has 1 aromatic heterocycles. The molecule has 0 atom stereocenters. The number of sulfonamides is 1. The number of amides is 1. The maximum Gasteiger partial charge on any atom is 0.272 e. The number of nitrogens with one attached hydrogen (secondary N) is 2. The monoisotopic (exact) mass is 397 g/mol. The van der Waals surface area contributed by atoms with E-state index in [9.17, 15) is 13.2 Å². The number of nitrogens with zero attached hydrogens (tertiary/aromatic N) is 1. The molecular formula is C17H20ClN3O4S. The van der Waals surface area contributed by atoms with Crippen LogP contribution in [0.15, 0.2) is 29.2 Å². The number of H-pyrrole nitrogens is 1. The minimum Gasteiger partial charge on any atom is -0.379 e.